The number of halogens is 2. The minimum absolute atomic E-state index is 0.0717. The molecule has 1 amide bonds. The number of nitrogens with zero attached hydrogens (tertiary/aromatic N) is 1. The van der Waals surface area contributed by atoms with E-state index >= 15 is 0 Å². The van der Waals surface area contributed by atoms with Crippen molar-refractivity contribution in [3.63, 3.8) is 0 Å². The molecule has 3 atom stereocenters. The lowest BCUT2D eigenvalue weighted by atomic mass is 9.93. The van der Waals surface area contributed by atoms with E-state index in [0.29, 0.717) is 26.2 Å². The second kappa shape index (κ2) is 6.53. The van der Waals surface area contributed by atoms with Crippen LogP contribution in [0.4, 0.5) is 8.78 Å². The number of rotatable bonds is 2. The predicted molar refractivity (Wildman–Crippen MR) is 80.1 cm³/mol. The van der Waals surface area contributed by atoms with Gasteiger partial charge in [-0.25, -0.2) is 8.78 Å². The summed E-state index contributed by atoms with van der Waals surface area (Å²) < 4.78 is 33.3. The fourth-order valence-corrected chi connectivity index (χ4v) is 3.61. The lowest BCUT2D eigenvalue weighted by molar-refractivity contribution is -0.0385. The number of morpholine rings is 1. The third kappa shape index (κ3) is 3.10. The molecule has 0 aromatic heterocycles. The van der Waals surface area contributed by atoms with Crippen LogP contribution in [0.15, 0.2) is 12.1 Å². The molecule has 0 spiro atoms. The summed E-state index contributed by atoms with van der Waals surface area (Å²) in [4.78, 5) is 14.3. The van der Waals surface area contributed by atoms with Crippen molar-refractivity contribution < 1.29 is 23.4 Å². The summed E-state index contributed by atoms with van der Waals surface area (Å²) in [7, 11) is 0. The van der Waals surface area contributed by atoms with Crippen LogP contribution in [0.5, 0.6) is 0 Å². The SMILES string of the molecule is Cc1cc(F)c(C(=O)N2CCOCC2C2CCCC2O)cc1F. The molecule has 23 heavy (non-hydrogen) atoms. The lowest BCUT2D eigenvalue weighted by Gasteiger charge is -2.40. The number of carbonyl (C=O) groups is 1. The van der Waals surface area contributed by atoms with E-state index < -0.39 is 23.6 Å². The van der Waals surface area contributed by atoms with Gasteiger partial charge in [0.2, 0.25) is 0 Å². The van der Waals surface area contributed by atoms with E-state index in [1.807, 2.05) is 0 Å². The quantitative estimate of drug-likeness (QED) is 0.907. The average molecular weight is 325 g/mol. The van der Waals surface area contributed by atoms with Crippen LogP contribution in [0, 0.1) is 24.5 Å². The zero-order valence-electron chi connectivity index (χ0n) is 13.1. The molecule has 2 fully saturated rings. The van der Waals surface area contributed by atoms with Crippen molar-refractivity contribution in [2.24, 2.45) is 5.92 Å². The average Bonchev–Trinajstić information content (AvgIpc) is 2.96. The van der Waals surface area contributed by atoms with Gasteiger partial charge in [0.15, 0.2) is 0 Å². The summed E-state index contributed by atoms with van der Waals surface area (Å²) in [6.07, 6.45) is 1.94. The van der Waals surface area contributed by atoms with Crippen LogP contribution >= 0.6 is 0 Å². The van der Waals surface area contributed by atoms with Crippen molar-refractivity contribution in [2.45, 2.75) is 38.3 Å². The first-order valence-electron chi connectivity index (χ1n) is 8.01. The predicted octanol–water partition coefficient (Wildman–Crippen LogP) is 2.28. The maximum Gasteiger partial charge on any atom is 0.257 e. The van der Waals surface area contributed by atoms with E-state index in [1.54, 1.807) is 0 Å². The molecule has 4 nitrogen and oxygen atoms in total. The Morgan fingerprint density at radius 3 is 2.78 bits per heavy atom. The van der Waals surface area contributed by atoms with Gasteiger partial charge in [0.25, 0.3) is 5.91 Å². The summed E-state index contributed by atoms with van der Waals surface area (Å²) in [5.74, 6) is -1.92. The lowest BCUT2D eigenvalue weighted by Crippen LogP contribution is -2.53. The fourth-order valence-electron chi connectivity index (χ4n) is 3.61. The van der Waals surface area contributed by atoms with E-state index in [-0.39, 0.29) is 23.1 Å². The second-order valence-electron chi connectivity index (χ2n) is 6.38. The number of hydrogen-bond donors (Lipinski definition) is 1. The molecule has 1 N–H and O–H groups in total. The van der Waals surface area contributed by atoms with E-state index in [1.165, 1.54) is 11.8 Å². The van der Waals surface area contributed by atoms with E-state index in [4.69, 9.17) is 4.74 Å². The molecule has 1 aliphatic heterocycles. The molecule has 3 rings (SSSR count). The number of benzene rings is 1. The Morgan fingerprint density at radius 2 is 2.09 bits per heavy atom. The van der Waals surface area contributed by atoms with Gasteiger partial charge >= 0.3 is 0 Å². The topological polar surface area (TPSA) is 49.8 Å². The molecule has 2 aliphatic rings. The summed E-state index contributed by atoms with van der Waals surface area (Å²) in [5, 5.41) is 10.1. The summed E-state index contributed by atoms with van der Waals surface area (Å²) in [5.41, 5.74) is -0.0868. The molecule has 1 aromatic carbocycles. The Kier molecular flexibility index (Phi) is 4.64. The first kappa shape index (κ1) is 16.3. The standard InChI is InChI=1S/C17H21F2NO3/c1-10-7-14(19)12(8-13(10)18)17(22)20-5-6-23-9-15(20)11-3-2-4-16(11)21/h7-8,11,15-16,21H,2-6,9H2,1H3. The van der Waals surface area contributed by atoms with Crippen molar-refractivity contribution >= 4 is 5.91 Å². The Bertz CT molecular complexity index is 608. The van der Waals surface area contributed by atoms with Gasteiger partial charge in [-0.1, -0.05) is 6.42 Å². The molecule has 0 bridgehead atoms. The molecular weight excluding hydrogens is 304 g/mol. The minimum Gasteiger partial charge on any atom is -0.393 e. The Hall–Kier alpha value is -1.53. The summed E-state index contributed by atoms with van der Waals surface area (Å²) in [6.45, 7) is 2.46. The van der Waals surface area contributed by atoms with E-state index in [2.05, 4.69) is 0 Å². The van der Waals surface area contributed by atoms with Crippen LogP contribution in [-0.2, 0) is 4.74 Å². The van der Waals surface area contributed by atoms with Gasteiger partial charge in [0.05, 0.1) is 30.9 Å². The van der Waals surface area contributed by atoms with Gasteiger partial charge in [-0.05, 0) is 37.5 Å². The zero-order valence-corrected chi connectivity index (χ0v) is 13.1. The third-order valence-corrected chi connectivity index (χ3v) is 4.93. The monoisotopic (exact) mass is 325 g/mol. The third-order valence-electron chi connectivity index (χ3n) is 4.93. The molecule has 0 radical (unpaired) electrons. The van der Waals surface area contributed by atoms with Crippen molar-refractivity contribution in [3.8, 4) is 0 Å². The molecule has 1 saturated heterocycles. The smallest absolute Gasteiger partial charge is 0.257 e. The van der Waals surface area contributed by atoms with Gasteiger partial charge in [-0.15, -0.1) is 0 Å². The van der Waals surface area contributed by atoms with Gasteiger partial charge in [0.1, 0.15) is 11.6 Å². The number of aliphatic hydroxyl groups is 1. The first-order valence-corrected chi connectivity index (χ1v) is 8.01. The Labute approximate surface area is 134 Å². The normalized spacial score (nSPS) is 28.2. The fraction of sp³-hybridized carbons (Fsp3) is 0.588. The second-order valence-corrected chi connectivity index (χ2v) is 6.38. The van der Waals surface area contributed by atoms with Gasteiger partial charge in [-0.2, -0.15) is 0 Å². The highest BCUT2D eigenvalue weighted by Crippen LogP contribution is 2.33. The number of ether oxygens (including phenoxy) is 1. The van der Waals surface area contributed by atoms with Crippen LogP contribution in [0.1, 0.15) is 35.2 Å². The van der Waals surface area contributed by atoms with Crippen molar-refractivity contribution in [3.05, 3.63) is 34.9 Å². The molecule has 1 saturated carbocycles. The van der Waals surface area contributed by atoms with E-state index in [9.17, 15) is 18.7 Å². The van der Waals surface area contributed by atoms with Gasteiger partial charge < -0.3 is 14.7 Å². The molecular formula is C17H21F2NO3. The summed E-state index contributed by atoms with van der Waals surface area (Å²) in [6, 6.07) is 1.71. The van der Waals surface area contributed by atoms with Gasteiger partial charge in [-0.3, -0.25) is 4.79 Å². The van der Waals surface area contributed by atoms with Crippen LogP contribution in [0.25, 0.3) is 0 Å². The molecule has 3 unspecified atom stereocenters. The minimum atomic E-state index is -0.717. The van der Waals surface area contributed by atoms with Crippen molar-refractivity contribution in [2.75, 3.05) is 19.8 Å². The van der Waals surface area contributed by atoms with Crippen LogP contribution in [-0.4, -0.2) is 47.8 Å². The van der Waals surface area contributed by atoms with Crippen molar-refractivity contribution in [1.29, 1.82) is 0 Å². The number of hydrogen-bond acceptors (Lipinski definition) is 3. The maximum atomic E-state index is 14.1. The molecule has 1 aromatic rings. The first-order chi connectivity index (χ1) is 11.0. The van der Waals surface area contributed by atoms with Gasteiger partial charge in [0, 0.05) is 12.5 Å². The maximum absolute atomic E-state index is 14.1. The largest absolute Gasteiger partial charge is 0.393 e. The highest BCUT2D eigenvalue weighted by atomic mass is 19.1. The molecule has 1 heterocycles. The molecule has 126 valence electrons. The number of aryl methyl sites for hydroxylation is 1. The molecule has 6 heteroatoms. The highest BCUT2D eigenvalue weighted by Gasteiger charge is 2.40. The Balaban J connectivity index is 1.88. The molecule has 1 aliphatic carbocycles. The Morgan fingerprint density at radius 1 is 1.30 bits per heavy atom. The van der Waals surface area contributed by atoms with E-state index in [0.717, 1.165) is 25.0 Å². The van der Waals surface area contributed by atoms with Crippen LogP contribution in [0.3, 0.4) is 0 Å². The highest BCUT2D eigenvalue weighted by molar-refractivity contribution is 5.95. The zero-order chi connectivity index (χ0) is 16.6. The number of carbonyl (C=O) groups excluding carboxylic acids is 1. The summed E-state index contributed by atoms with van der Waals surface area (Å²) >= 11 is 0. The number of amides is 1. The van der Waals surface area contributed by atoms with Crippen molar-refractivity contribution in [1.82, 2.24) is 4.90 Å². The van der Waals surface area contributed by atoms with Crippen LogP contribution in [0.2, 0.25) is 0 Å². The number of aliphatic hydroxyl groups excluding tert-OH is 1. The van der Waals surface area contributed by atoms with Crippen LogP contribution < -0.4 is 0 Å².